The van der Waals surface area contributed by atoms with Crippen molar-refractivity contribution in [3.63, 3.8) is 0 Å². The Morgan fingerprint density at radius 2 is 1.68 bits per heavy atom. The fraction of sp³-hybridized carbons (Fsp3) is 0.231. The summed E-state index contributed by atoms with van der Waals surface area (Å²) in [4.78, 5) is 28.6. The summed E-state index contributed by atoms with van der Waals surface area (Å²) in [5, 5.41) is 12.6. The van der Waals surface area contributed by atoms with Crippen molar-refractivity contribution in [3.8, 4) is 11.1 Å². The van der Waals surface area contributed by atoms with Crippen molar-refractivity contribution < 1.29 is 23.5 Å². The van der Waals surface area contributed by atoms with Gasteiger partial charge in [-0.1, -0.05) is 42.5 Å². The van der Waals surface area contributed by atoms with Crippen LogP contribution in [0, 0.1) is 11.6 Å². The summed E-state index contributed by atoms with van der Waals surface area (Å²) in [6.07, 6.45) is 0. The maximum absolute atomic E-state index is 13.6. The first-order chi connectivity index (χ1) is 16.4. The molecule has 0 aliphatic carbocycles. The van der Waals surface area contributed by atoms with Crippen LogP contribution in [0.25, 0.3) is 11.1 Å². The number of amides is 3. The van der Waals surface area contributed by atoms with Gasteiger partial charge in [0.15, 0.2) is 0 Å². The van der Waals surface area contributed by atoms with Crippen LogP contribution in [0.15, 0.2) is 72.8 Å². The van der Waals surface area contributed by atoms with Gasteiger partial charge in [-0.2, -0.15) is 0 Å². The molecule has 0 spiro atoms. The van der Waals surface area contributed by atoms with Crippen LogP contribution < -0.4 is 5.32 Å². The van der Waals surface area contributed by atoms with Gasteiger partial charge in [0.25, 0.3) is 0 Å². The number of piperazine rings is 1. The average molecular weight is 463 g/mol. The molecule has 0 aromatic heterocycles. The standard InChI is InChI=1S/C26H23F2N3O3/c27-19-4-1-3-18(11-19)16-7-9-17(10-8-16)25-22-13-30(14-24(33)31(22)23(25)15-32)26(34)29-21-6-2-5-20(28)12-21/h1-12,22-23,25,32H,13-15H2,(H,29,34)/t22-,23-,25+/m0/s1. The molecule has 174 valence electrons. The molecule has 5 rings (SSSR count). The Balaban J connectivity index is 1.34. The lowest BCUT2D eigenvalue weighted by Crippen LogP contribution is -2.73. The molecule has 3 amide bonds. The van der Waals surface area contributed by atoms with E-state index in [9.17, 15) is 23.5 Å². The van der Waals surface area contributed by atoms with Crippen molar-refractivity contribution in [2.24, 2.45) is 0 Å². The third-order valence-electron chi connectivity index (χ3n) is 6.57. The van der Waals surface area contributed by atoms with E-state index < -0.39 is 11.8 Å². The summed E-state index contributed by atoms with van der Waals surface area (Å²) in [6.45, 7) is -0.00682. The summed E-state index contributed by atoms with van der Waals surface area (Å²) in [7, 11) is 0. The number of aliphatic hydroxyl groups excluding tert-OH is 1. The first-order valence-electron chi connectivity index (χ1n) is 11.0. The van der Waals surface area contributed by atoms with Crippen LogP contribution in [-0.2, 0) is 4.79 Å². The lowest BCUT2D eigenvalue weighted by atomic mass is 9.73. The molecule has 34 heavy (non-hydrogen) atoms. The lowest BCUT2D eigenvalue weighted by Gasteiger charge is -2.58. The maximum atomic E-state index is 13.6. The van der Waals surface area contributed by atoms with Gasteiger partial charge in [-0.15, -0.1) is 0 Å². The minimum Gasteiger partial charge on any atom is -0.394 e. The van der Waals surface area contributed by atoms with Gasteiger partial charge in [0.05, 0.1) is 18.7 Å². The summed E-state index contributed by atoms with van der Waals surface area (Å²) < 4.78 is 27.0. The second-order valence-electron chi connectivity index (χ2n) is 8.60. The number of fused-ring (bicyclic) bond motifs is 1. The third-order valence-corrected chi connectivity index (χ3v) is 6.57. The number of rotatable bonds is 4. The highest BCUT2D eigenvalue weighted by Gasteiger charge is 2.54. The van der Waals surface area contributed by atoms with Gasteiger partial charge in [-0.05, 0) is 47.0 Å². The Kier molecular flexibility index (Phi) is 5.75. The second-order valence-corrected chi connectivity index (χ2v) is 8.60. The summed E-state index contributed by atoms with van der Waals surface area (Å²) in [6, 6.07) is 18.4. The summed E-state index contributed by atoms with van der Waals surface area (Å²) in [5.41, 5.74) is 2.86. The van der Waals surface area contributed by atoms with E-state index in [0.29, 0.717) is 12.2 Å². The highest BCUT2D eigenvalue weighted by Crippen LogP contribution is 2.43. The monoisotopic (exact) mass is 463 g/mol. The van der Waals surface area contributed by atoms with Crippen molar-refractivity contribution >= 4 is 17.6 Å². The van der Waals surface area contributed by atoms with Crippen molar-refractivity contribution in [2.75, 3.05) is 25.0 Å². The molecular formula is C26H23F2N3O3. The van der Waals surface area contributed by atoms with Gasteiger partial charge in [0.2, 0.25) is 5.91 Å². The van der Waals surface area contributed by atoms with Crippen LogP contribution in [0.4, 0.5) is 19.3 Å². The SMILES string of the molecule is O=C(Nc1cccc(F)c1)N1CC(=O)N2[C@@H](CO)[C@H](c3ccc(-c4cccc(F)c4)cc3)[C@@H]2C1. The molecule has 0 saturated carbocycles. The molecule has 2 saturated heterocycles. The predicted octanol–water partition coefficient (Wildman–Crippen LogP) is 3.83. The molecule has 2 heterocycles. The van der Waals surface area contributed by atoms with Crippen LogP contribution in [0.5, 0.6) is 0 Å². The maximum Gasteiger partial charge on any atom is 0.322 e. The van der Waals surface area contributed by atoms with E-state index in [0.717, 1.165) is 16.7 Å². The van der Waals surface area contributed by atoms with E-state index in [1.807, 2.05) is 30.3 Å². The number of aliphatic hydroxyl groups is 1. The number of urea groups is 1. The highest BCUT2D eigenvalue weighted by molar-refractivity contribution is 5.93. The first-order valence-corrected chi connectivity index (χ1v) is 11.0. The molecule has 2 fully saturated rings. The second kappa shape index (κ2) is 8.87. The zero-order valence-corrected chi connectivity index (χ0v) is 18.2. The number of nitrogens with zero attached hydrogens (tertiary/aromatic N) is 2. The van der Waals surface area contributed by atoms with E-state index in [4.69, 9.17) is 0 Å². The molecule has 6 nitrogen and oxygen atoms in total. The minimum absolute atomic E-state index is 0.112. The van der Waals surface area contributed by atoms with Gasteiger partial charge in [0.1, 0.15) is 18.2 Å². The fourth-order valence-electron chi connectivity index (χ4n) is 4.99. The molecular weight excluding hydrogens is 440 g/mol. The quantitative estimate of drug-likeness (QED) is 0.618. The smallest absolute Gasteiger partial charge is 0.322 e. The van der Waals surface area contributed by atoms with Gasteiger partial charge >= 0.3 is 6.03 Å². The molecule has 2 aliphatic heterocycles. The van der Waals surface area contributed by atoms with Gasteiger partial charge in [0, 0.05) is 18.2 Å². The van der Waals surface area contributed by atoms with Gasteiger partial charge in [-0.25, -0.2) is 13.6 Å². The first kappa shape index (κ1) is 22.0. The van der Waals surface area contributed by atoms with E-state index in [2.05, 4.69) is 5.32 Å². The largest absolute Gasteiger partial charge is 0.394 e. The zero-order valence-electron chi connectivity index (χ0n) is 18.2. The van der Waals surface area contributed by atoms with E-state index in [1.54, 1.807) is 17.0 Å². The van der Waals surface area contributed by atoms with Gasteiger partial charge in [-0.3, -0.25) is 4.79 Å². The Hall–Kier alpha value is -3.78. The summed E-state index contributed by atoms with van der Waals surface area (Å²) >= 11 is 0. The van der Waals surface area contributed by atoms with Crippen molar-refractivity contribution in [1.29, 1.82) is 0 Å². The highest BCUT2D eigenvalue weighted by atomic mass is 19.1. The number of halogens is 2. The molecule has 3 aromatic carbocycles. The topological polar surface area (TPSA) is 72.9 Å². The number of hydrogen-bond acceptors (Lipinski definition) is 3. The number of carbonyl (C=O) groups is 2. The molecule has 8 heteroatoms. The molecule has 0 unspecified atom stereocenters. The van der Waals surface area contributed by atoms with Crippen molar-refractivity contribution in [2.45, 2.75) is 18.0 Å². The van der Waals surface area contributed by atoms with Gasteiger partial charge < -0.3 is 20.2 Å². The number of hydrogen-bond donors (Lipinski definition) is 2. The molecule has 0 radical (unpaired) electrons. The van der Waals surface area contributed by atoms with Crippen LogP contribution in [0.2, 0.25) is 0 Å². The Morgan fingerprint density at radius 3 is 2.35 bits per heavy atom. The zero-order chi connectivity index (χ0) is 23.8. The van der Waals surface area contributed by atoms with Crippen LogP contribution >= 0.6 is 0 Å². The number of nitrogens with one attached hydrogen (secondary N) is 1. The fourth-order valence-corrected chi connectivity index (χ4v) is 4.99. The van der Waals surface area contributed by atoms with Crippen LogP contribution in [0.1, 0.15) is 11.5 Å². The molecule has 3 atom stereocenters. The molecule has 3 aromatic rings. The minimum atomic E-state index is -0.480. The Morgan fingerprint density at radius 1 is 0.971 bits per heavy atom. The van der Waals surface area contributed by atoms with E-state index >= 15 is 0 Å². The average Bonchev–Trinajstić information content (AvgIpc) is 2.80. The van der Waals surface area contributed by atoms with Crippen LogP contribution in [-0.4, -0.2) is 58.6 Å². The number of benzene rings is 3. The van der Waals surface area contributed by atoms with Crippen molar-refractivity contribution in [1.82, 2.24) is 9.80 Å². The van der Waals surface area contributed by atoms with Crippen LogP contribution in [0.3, 0.4) is 0 Å². The number of anilines is 1. The molecule has 2 N–H and O–H groups in total. The molecule has 2 aliphatic rings. The summed E-state index contributed by atoms with van der Waals surface area (Å²) in [5.74, 6) is -1.17. The van der Waals surface area contributed by atoms with E-state index in [1.165, 1.54) is 35.2 Å². The molecule has 0 bridgehead atoms. The predicted molar refractivity (Wildman–Crippen MR) is 123 cm³/mol. The Labute approximate surface area is 195 Å². The normalized spacial score (nSPS) is 21.6. The third kappa shape index (κ3) is 4.01. The lowest BCUT2D eigenvalue weighted by molar-refractivity contribution is -0.159. The Bertz CT molecular complexity index is 1230. The number of carbonyl (C=O) groups excluding carboxylic acids is 2. The van der Waals surface area contributed by atoms with E-state index in [-0.39, 0.29) is 42.9 Å². The van der Waals surface area contributed by atoms with Crippen molar-refractivity contribution in [3.05, 3.63) is 90.0 Å².